The maximum Gasteiger partial charge on any atom is 0.419 e. The lowest BCUT2D eigenvalue weighted by Crippen LogP contribution is -2.33. The molecule has 1 aliphatic heterocycles. The average Bonchev–Trinajstić information content (AvgIpc) is 2.11. The lowest BCUT2D eigenvalue weighted by Gasteiger charge is -2.11. The smallest absolute Gasteiger partial charge is 0.287 e. The zero-order chi connectivity index (χ0) is 7.78. The van der Waals surface area contributed by atoms with Crippen LogP contribution in [0.2, 0.25) is 0 Å². The summed E-state index contributed by atoms with van der Waals surface area (Å²) in [7, 11) is 0. The van der Waals surface area contributed by atoms with E-state index in [4.69, 9.17) is 0 Å². The van der Waals surface area contributed by atoms with Gasteiger partial charge in [0.15, 0.2) is 5.37 Å². The number of hydrazone groups is 1. The second-order valence-corrected chi connectivity index (χ2v) is 3.10. The van der Waals surface area contributed by atoms with Crippen molar-refractivity contribution in [2.24, 2.45) is 5.10 Å². The molecule has 0 bridgehead atoms. The summed E-state index contributed by atoms with van der Waals surface area (Å²) in [6.45, 7) is 1.53. The first-order valence-electron chi connectivity index (χ1n) is 2.53. The van der Waals surface area contributed by atoms with E-state index >= 15 is 0 Å². The fourth-order valence-electron chi connectivity index (χ4n) is 0.513. The van der Waals surface area contributed by atoms with Crippen LogP contribution >= 0.6 is 11.8 Å². The molecule has 0 aliphatic carbocycles. The predicted octanol–water partition coefficient (Wildman–Crippen LogP) is 1.54. The number of nitrogens with zero attached hydrogens (tertiary/aromatic N) is 1. The molecular formula is C4H5F3N2S. The lowest BCUT2D eigenvalue weighted by atomic mass is 10.6. The summed E-state index contributed by atoms with van der Waals surface area (Å²) in [5.41, 5.74) is 1.97. The van der Waals surface area contributed by atoms with Gasteiger partial charge in [-0.1, -0.05) is 11.8 Å². The molecule has 0 aromatic heterocycles. The average molecular weight is 170 g/mol. The van der Waals surface area contributed by atoms with E-state index in [0.29, 0.717) is 16.8 Å². The Hall–Kier alpha value is -0.390. The molecule has 1 unspecified atom stereocenters. The monoisotopic (exact) mass is 170 g/mol. The second-order valence-electron chi connectivity index (χ2n) is 1.80. The van der Waals surface area contributed by atoms with Gasteiger partial charge in [-0.05, 0) is 6.92 Å². The van der Waals surface area contributed by atoms with Crippen LogP contribution in [0.25, 0.3) is 0 Å². The van der Waals surface area contributed by atoms with Crippen molar-refractivity contribution in [2.75, 3.05) is 0 Å². The van der Waals surface area contributed by atoms with Crippen LogP contribution in [-0.2, 0) is 0 Å². The van der Waals surface area contributed by atoms with Gasteiger partial charge in [0.1, 0.15) is 0 Å². The molecule has 1 atom stereocenters. The van der Waals surface area contributed by atoms with Crippen LogP contribution in [0.4, 0.5) is 13.2 Å². The number of alkyl halides is 3. The van der Waals surface area contributed by atoms with Crippen molar-refractivity contribution < 1.29 is 13.2 Å². The van der Waals surface area contributed by atoms with Crippen molar-refractivity contribution in [2.45, 2.75) is 18.5 Å². The van der Waals surface area contributed by atoms with Crippen molar-refractivity contribution >= 4 is 16.8 Å². The third-order valence-electron chi connectivity index (χ3n) is 0.925. The minimum atomic E-state index is -4.20. The highest BCUT2D eigenvalue weighted by Gasteiger charge is 2.42. The quantitative estimate of drug-likeness (QED) is 0.596. The molecule has 6 heteroatoms. The van der Waals surface area contributed by atoms with Crippen LogP contribution in [0, 0.1) is 0 Å². The highest BCUT2D eigenvalue weighted by atomic mass is 32.2. The molecule has 0 aromatic carbocycles. The predicted molar refractivity (Wildman–Crippen MR) is 33.7 cm³/mol. The van der Waals surface area contributed by atoms with E-state index in [-0.39, 0.29) is 0 Å². The fraction of sp³-hybridized carbons (Fsp3) is 0.750. The molecule has 0 radical (unpaired) electrons. The lowest BCUT2D eigenvalue weighted by molar-refractivity contribution is -0.133. The number of hydrogen-bond acceptors (Lipinski definition) is 3. The van der Waals surface area contributed by atoms with E-state index < -0.39 is 11.6 Å². The maximum absolute atomic E-state index is 11.8. The number of nitrogens with one attached hydrogen (secondary N) is 1. The van der Waals surface area contributed by atoms with Crippen molar-refractivity contribution in [1.82, 2.24) is 5.43 Å². The minimum absolute atomic E-state index is 0.419. The summed E-state index contributed by atoms with van der Waals surface area (Å²) in [6.07, 6.45) is -4.20. The molecule has 0 saturated heterocycles. The summed E-state index contributed by atoms with van der Waals surface area (Å²) in [6, 6.07) is 0. The molecule has 0 amide bonds. The van der Waals surface area contributed by atoms with Crippen LogP contribution in [0.5, 0.6) is 0 Å². The molecule has 10 heavy (non-hydrogen) atoms. The van der Waals surface area contributed by atoms with Crippen LogP contribution in [0.15, 0.2) is 5.10 Å². The molecule has 1 rings (SSSR count). The Morgan fingerprint density at radius 1 is 1.60 bits per heavy atom. The normalized spacial score (nSPS) is 26.0. The molecule has 0 spiro atoms. The van der Waals surface area contributed by atoms with Gasteiger partial charge in [-0.25, -0.2) is 0 Å². The van der Waals surface area contributed by atoms with Crippen molar-refractivity contribution in [3.8, 4) is 0 Å². The van der Waals surface area contributed by atoms with Crippen molar-refractivity contribution in [3.05, 3.63) is 0 Å². The molecular weight excluding hydrogens is 165 g/mol. The molecule has 0 fully saturated rings. The van der Waals surface area contributed by atoms with Gasteiger partial charge in [-0.2, -0.15) is 18.3 Å². The fourth-order valence-corrected chi connectivity index (χ4v) is 1.20. The summed E-state index contributed by atoms with van der Waals surface area (Å²) in [4.78, 5) is 0. The van der Waals surface area contributed by atoms with Gasteiger partial charge >= 0.3 is 6.18 Å². The third kappa shape index (κ3) is 1.56. The number of rotatable bonds is 0. The Morgan fingerprint density at radius 3 is 2.40 bits per heavy atom. The van der Waals surface area contributed by atoms with E-state index in [1.165, 1.54) is 6.92 Å². The molecule has 58 valence electrons. The van der Waals surface area contributed by atoms with Crippen LogP contribution in [-0.4, -0.2) is 16.6 Å². The summed E-state index contributed by atoms with van der Waals surface area (Å²) in [5, 5.41) is 2.26. The molecule has 2 nitrogen and oxygen atoms in total. The Labute approximate surface area is 59.9 Å². The van der Waals surface area contributed by atoms with Gasteiger partial charge in [0.2, 0.25) is 0 Å². The summed E-state index contributed by atoms with van der Waals surface area (Å²) >= 11 is 0.686. The van der Waals surface area contributed by atoms with Gasteiger partial charge in [-0.3, -0.25) is 5.43 Å². The largest absolute Gasteiger partial charge is 0.419 e. The first-order valence-corrected chi connectivity index (χ1v) is 3.41. The topological polar surface area (TPSA) is 24.4 Å². The van der Waals surface area contributed by atoms with E-state index in [2.05, 4.69) is 5.10 Å². The Morgan fingerprint density at radius 2 is 2.20 bits per heavy atom. The maximum atomic E-state index is 11.8. The first kappa shape index (κ1) is 7.71. The van der Waals surface area contributed by atoms with Crippen molar-refractivity contribution in [1.29, 1.82) is 0 Å². The molecule has 0 aromatic rings. The Bertz CT molecular complexity index is 164. The highest BCUT2D eigenvalue weighted by molar-refractivity contribution is 8.14. The summed E-state index contributed by atoms with van der Waals surface area (Å²) < 4.78 is 35.3. The Kier molecular flexibility index (Phi) is 1.80. The third-order valence-corrected chi connectivity index (χ3v) is 1.97. The second kappa shape index (κ2) is 2.34. The standard InChI is InChI=1S/C4H5F3N2S/c1-2-8-9-3(10-2)4(5,6)7/h3,9H,1H3. The summed E-state index contributed by atoms with van der Waals surface area (Å²) in [5.74, 6) is 0. The number of halogens is 3. The number of thioether (sulfide) groups is 1. The molecule has 1 N–H and O–H groups in total. The highest BCUT2D eigenvalue weighted by Crippen LogP contribution is 2.31. The van der Waals surface area contributed by atoms with E-state index in [1.54, 1.807) is 0 Å². The van der Waals surface area contributed by atoms with E-state index in [0.717, 1.165) is 0 Å². The zero-order valence-corrected chi connectivity index (χ0v) is 5.88. The van der Waals surface area contributed by atoms with Gasteiger partial charge in [-0.15, -0.1) is 0 Å². The van der Waals surface area contributed by atoms with E-state index in [1.807, 2.05) is 5.43 Å². The molecule has 0 saturated carbocycles. The van der Waals surface area contributed by atoms with Crippen LogP contribution < -0.4 is 5.43 Å². The number of hydrogen-bond donors (Lipinski definition) is 1. The SMILES string of the molecule is CC1=NNC(C(F)(F)F)S1. The van der Waals surface area contributed by atoms with Gasteiger partial charge in [0.05, 0.1) is 5.04 Å². The van der Waals surface area contributed by atoms with E-state index in [9.17, 15) is 13.2 Å². The molecule has 1 heterocycles. The van der Waals surface area contributed by atoms with Crippen molar-refractivity contribution in [3.63, 3.8) is 0 Å². The Balaban J connectivity index is 2.50. The molecule has 1 aliphatic rings. The first-order chi connectivity index (χ1) is 4.50. The minimum Gasteiger partial charge on any atom is -0.287 e. The van der Waals surface area contributed by atoms with Crippen LogP contribution in [0.1, 0.15) is 6.92 Å². The zero-order valence-electron chi connectivity index (χ0n) is 5.07. The van der Waals surface area contributed by atoms with Crippen LogP contribution in [0.3, 0.4) is 0 Å². The van der Waals surface area contributed by atoms with Gasteiger partial charge in [0, 0.05) is 0 Å². The van der Waals surface area contributed by atoms with Gasteiger partial charge in [0.25, 0.3) is 0 Å². The van der Waals surface area contributed by atoms with Gasteiger partial charge < -0.3 is 0 Å².